The SMILES string of the molecule is O=C(c1ccsc1)N1CCc2ccc(NC(=O)C3(c4ccccc4)CC3)cc2C1. The predicted molar refractivity (Wildman–Crippen MR) is 115 cm³/mol. The van der Waals surface area contributed by atoms with Gasteiger partial charge in [-0.2, -0.15) is 11.3 Å². The highest BCUT2D eigenvalue weighted by Crippen LogP contribution is 2.49. The van der Waals surface area contributed by atoms with Crippen molar-refractivity contribution >= 4 is 28.8 Å². The van der Waals surface area contributed by atoms with Crippen LogP contribution in [0.1, 0.15) is 39.9 Å². The minimum absolute atomic E-state index is 0.0608. The molecule has 1 N–H and O–H groups in total. The van der Waals surface area contributed by atoms with Crippen LogP contribution in [0.5, 0.6) is 0 Å². The number of anilines is 1. The largest absolute Gasteiger partial charge is 0.334 e. The van der Waals surface area contributed by atoms with Gasteiger partial charge in [-0.25, -0.2) is 0 Å². The van der Waals surface area contributed by atoms with Crippen LogP contribution < -0.4 is 5.32 Å². The molecule has 3 aromatic rings. The summed E-state index contributed by atoms with van der Waals surface area (Å²) in [7, 11) is 0. The van der Waals surface area contributed by atoms with Crippen molar-refractivity contribution in [1.82, 2.24) is 4.90 Å². The number of fused-ring (bicyclic) bond motifs is 1. The number of rotatable bonds is 4. The van der Waals surface area contributed by atoms with E-state index in [0.29, 0.717) is 6.54 Å². The van der Waals surface area contributed by atoms with Gasteiger partial charge in [-0.15, -0.1) is 0 Å². The standard InChI is InChI=1S/C24H22N2O2S/c27-22(18-9-13-29-16-18)26-12-8-17-6-7-21(14-19(17)15-26)25-23(28)24(10-11-24)20-4-2-1-3-5-20/h1-7,9,13-14,16H,8,10-12,15H2,(H,25,28). The first-order chi connectivity index (χ1) is 14.2. The highest BCUT2D eigenvalue weighted by atomic mass is 32.1. The first kappa shape index (κ1) is 18.1. The van der Waals surface area contributed by atoms with Crippen LogP contribution in [0.4, 0.5) is 5.69 Å². The lowest BCUT2D eigenvalue weighted by Crippen LogP contribution is -2.35. The lowest BCUT2D eigenvalue weighted by molar-refractivity contribution is -0.118. The van der Waals surface area contributed by atoms with Gasteiger partial charge in [0.1, 0.15) is 0 Å². The van der Waals surface area contributed by atoms with E-state index < -0.39 is 5.41 Å². The predicted octanol–water partition coefficient (Wildman–Crippen LogP) is 4.62. The van der Waals surface area contributed by atoms with E-state index >= 15 is 0 Å². The smallest absolute Gasteiger partial charge is 0.255 e. The van der Waals surface area contributed by atoms with Crippen LogP contribution in [0.3, 0.4) is 0 Å². The molecule has 0 atom stereocenters. The molecule has 5 rings (SSSR count). The number of carbonyl (C=O) groups is 2. The maximum Gasteiger partial charge on any atom is 0.255 e. The van der Waals surface area contributed by atoms with E-state index in [1.54, 1.807) is 0 Å². The molecule has 2 aromatic carbocycles. The zero-order chi connectivity index (χ0) is 19.8. The number of nitrogens with one attached hydrogen (secondary N) is 1. The molecule has 2 aliphatic rings. The number of nitrogens with zero attached hydrogens (tertiary/aromatic N) is 1. The van der Waals surface area contributed by atoms with Crippen molar-refractivity contribution in [3.05, 3.63) is 87.6 Å². The van der Waals surface area contributed by atoms with Crippen molar-refractivity contribution < 1.29 is 9.59 Å². The monoisotopic (exact) mass is 402 g/mol. The molecule has 1 saturated carbocycles. The molecule has 2 heterocycles. The van der Waals surface area contributed by atoms with Crippen molar-refractivity contribution in [3.8, 4) is 0 Å². The Morgan fingerprint density at radius 2 is 1.83 bits per heavy atom. The third-order valence-corrected chi connectivity index (χ3v) is 6.73. The van der Waals surface area contributed by atoms with E-state index in [0.717, 1.165) is 48.2 Å². The van der Waals surface area contributed by atoms with Crippen LogP contribution in [0.2, 0.25) is 0 Å². The molecular weight excluding hydrogens is 380 g/mol. The summed E-state index contributed by atoms with van der Waals surface area (Å²) >= 11 is 1.54. The van der Waals surface area contributed by atoms with Gasteiger partial charge in [0.05, 0.1) is 11.0 Å². The van der Waals surface area contributed by atoms with Crippen LogP contribution >= 0.6 is 11.3 Å². The van der Waals surface area contributed by atoms with Crippen molar-refractivity contribution in [3.63, 3.8) is 0 Å². The van der Waals surface area contributed by atoms with Crippen LogP contribution in [0.25, 0.3) is 0 Å². The Labute approximate surface area is 174 Å². The molecule has 146 valence electrons. The molecule has 0 saturated heterocycles. The molecule has 1 aromatic heterocycles. The molecule has 0 spiro atoms. The summed E-state index contributed by atoms with van der Waals surface area (Å²) in [5.74, 6) is 0.137. The summed E-state index contributed by atoms with van der Waals surface area (Å²) in [4.78, 5) is 27.6. The van der Waals surface area contributed by atoms with Crippen molar-refractivity contribution in [1.29, 1.82) is 0 Å². The summed E-state index contributed by atoms with van der Waals surface area (Å²) in [6.45, 7) is 1.31. The zero-order valence-corrected chi connectivity index (χ0v) is 16.9. The number of thiophene rings is 1. The maximum absolute atomic E-state index is 13.0. The fourth-order valence-corrected chi connectivity index (χ4v) is 4.79. The van der Waals surface area contributed by atoms with Gasteiger partial charge in [-0.3, -0.25) is 9.59 Å². The average molecular weight is 403 g/mol. The van der Waals surface area contributed by atoms with Crippen LogP contribution in [0, 0.1) is 0 Å². The molecular formula is C24H22N2O2S. The zero-order valence-electron chi connectivity index (χ0n) is 16.1. The Morgan fingerprint density at radius 3 is 2.55 bits per heavy atom. The number of hydrogen-bond acceptors (Lipinski definition) is 3. The van der Waals surface area contributed by atoms with Gasteiger partial charge in [0.15, 0.2) is 0 Å². The Morgan fingerprint density at radius 1 is 1.00 bits per heavy atom. The van der Waals surface area contributed by atoms with Gasteiger partial charge in [0, 0.05) is 24.2 Å². The molecule has 0 radical (unpaired) electrons. The molecule has 1 aliphatic heterocycles. The number of hydrogen-bond donors (Lipinski definition) is 1. The van der Waals surface area contributed by atoms with Crippen molar-refractivity contribution in [2.24, 2.45) is 0 Å². The summed E-state index contributed by atoms with van der Waals surface area (Å²) in [5, 5.41) is 6.95. The van der Waals surface area contributed by atoms with Gasteiger partial charge in [-0.05, 0) is 59.5 Å². The van der Waals surface area contributed by atoms with Gasteiger partial charge in [0.2, 0.25) is 5.91 Å². The van der Waals surface area contributed by atoms with Crippen molar-refractivity contribution in [2.75, 3.05) is 11.9 Å². The number of carbonyl (C=O) groups excluding carboxylic acids is 2. The third kappa shape index (κ3) is 3.36. The second kappa shape index (κ2) is 7.16. The Bertz CT molecular complexity index is 1060. The number of amides is 2. The second-order valence-corrected chi connectivity index (χ2v) is 8.65. The van der Waals surface area contributed by atoms with Crippen LogP contribution in [-0.2, 0) is 23.2 Å². The van der Waals surface area contributed by atoms with E-state index in [2.05, 4.69) is 11.4 Å². The van der Waals surface area contributed by atoms with Gasteiger partial charge >= 0.3 is 0 Å². The molecule has 4 nitrogen and oxygen atoms in total. The minimum atomic E-state index is -0.391. The first-order valence-corrected chi connectivity index (χ1v) is 10.9. The Balaban J connectivity index is 1.33. The third-order valence-electron chi connectivity index (χ3n) is 6.04. The quantitative estimate of drug-likeness (QED) is 0.692. The van der Waals surface area contributed by atoms with Crippen LogP contribution in [0.15, 0.2) is 65.4 Å². The number of benzene rings is 2. The van der Waals surface area contributed by atoms with E-state index in [1.165, 1.54) is 16.9 Å². The molecule has 0 bridgehead atoms. The molecule has 29 heavy (non-hydrogen) atoms. The molecule has 5 heteroatoms. The molecule has 2 amide bonds. The highest BCUT2D eigenvalue weighted by Gasteiger charge is 2.51. The molecule has 0 unspecified atom stereocenters. The topological polar surface area (TPSA) is 49.4 Å². The summed E-state index contributed by atoms with van der Waals surface area (Å²) in [6, 6.07) is 18.0. The van der Waals surface area contributed by atoms with Gasteiger partial charge in [0.25, 0.3) is 5.91 Å². The van der Waals surface area contributed by atoms with Crippen molar-refractivity contribution in [2.45, 2.75) is 31.2 Å². The lowest BCUT2D eigenvalue weighted by atomic mass is 9.94. The van der Waals surface area contributed by atoms with E-state index in [-0.39, 0.29) is 11.8 Å². The second-order valence-electron chi connectivity index (χ2n) is 7.87. The van der Waals surface area contributed by atoms with E-state index in [1.807, 2.05) is 64.2 Å². The Hall–Kier alpha value is -2.92. The summed E-state index contributed by atoms with van der Waals surface area (Å²) < 4.78 is 0. The Kier molecular flexibility index (Phi) is 4.47. The normalized spacial score (nSPS) is 16.8. The van der Waals surface area contributed by atoms with Crippen LogP contribution in [-0.4, -0.2) is 23.3 Å². The molecule has 1 aliphatic carbocycles. The van der Waals surface area contributed by atoms with E-state index in [9.17, 15) is 9.59 Å². The maximum atomic E-state index is 13.0. The van der Waals surface area contributed by atoms with Gasteiger partial charge in [-0.1, -0.05) is 36.4 Å². The highest BCUT2D eigenvalue weighted by molar-refractivity contribution is 7.08. The fourth-order valence-electron chi connectivity index (χ4n) is 4.16. The molecule has 1 fully saturated rings. The minimum Gasteiger partial charge on any atom is -0.334 e. The average Bonchev–Trinajstić information content (AvgIpc) is 3.40. The summed E-state index contributed by atoms with van der Waals surface area (Å²) in [5.41, 5.74) is 4.62. The van der Waals surface area contributed by atoms with Gasteiger partial charge < -0.3 is 10.2 Å². The lowest BCUT2D eigenvalue weighted by Gasteiger charge is -2.29. The van der Waals surface area contributed by atoms with E-state index in [4.69, 9.17) is 0 Å². The summed E-state index contributed by atoms with van der Waals surface area (Å²) in [6.07, 6.45) is 2.61. The fraction of sp³-hybridized carbons (Fsp3) is 0.250. The first-order valence-electron chi connectivity index (χ1n) is 9.96.